The SMILES string of the molecule is Cc1cnc([C@H]2CN(Cc3nccs3)CCO2)cn1. The molecule has 2 aromatic rings. The summed E-state index contributed by atoms with van der Waals surface area (Å²) in [6.45, 7) is 5.34. The minimum absolute atomic E-state index is 0.0156. The number of rotatable bonds is 3. The van der Waals surface area contributed by atoms with Gasteiger partial charge in [-0.3, -0.25) is 14.9 Å². The molecule has 1 aliphatic rings. The summed E-state index contributed by atoms with van der Waals surface area (Å²) in [5.41, 5.74) is 1.84. The van der Waals surface area contributed by atoms with Crippen LogP contribution in [0.2, 0.25) is 0 Å². The standard InChI is InChI=1S/C13H16N4OS/c1-10-6-16-11(7-15-10)12-8-17(3-4-18-12)9-13-14-2-5-19-13/h2,5-7,12H,3-4,8-9H2,1H3/t12-/m1/s1. The van der Waals surface area contributed by atoms with Crippen molar-refractivity contribution < 1.29 is 4.74 Å². The molecular formula is C13H16N4OS. The van der Waals surface area contributed by atoms with Gasteiger partial charge >= 0.3 is 0 Å². The van der Waals surface area contributed by atoms with E-state index in [-0.39, 0.29) is 6.10 Å². The maximum absolute atomic E-state index is 5.79. The summed E-state index contributed by atoms with van der Waals surface area (Å²) < 4.78 is 5.79. The Balaban J connectivity index is 1.66. The lowest BCUT2D eigenvalue weighted by atomic mass is 10.2. The molecule has 0 amide bonds. The van der Waals surface area contributed by atoms with Gasteiger partial charge in [-0.05, 0) is 6.92 Å². The molecule has 0 saturated carbocycles. The van der Waals surface area contributed by atoms with Gasteiger partial charge in [0.1, 0.15) is 11.1 Å². The van der Waals surface area contributed by atoms with E-state index in [9.17, 15) is 0 Å². The molecule has 19 heavy (non-hydrogen) atoms. The van der Waals surface area contributed by atoms with Crippen LogP contribution in [0.1, 0.15) is 22.5 Å². The van der Waals surface area contributed by atoms with Crippen LogP contribution < -0.4 is 0 Å². The summed E-state index contributed by atoms with van der Waals surface area (Å²) in [5.74, 6) is 0. The molecule has 6 heteroatoms. The van der Waals surface area contributed by atoms with Gasteiger partial charge in [-0.1, -0.05) is 0 Å². The third kappa shape index (κ3) is 3.15. The number of thiazole rings is 1. The molecule has 100 valence electrons. The molecule has 0 aliphatic carbocycles. The summed E-state index contributed by atoms with van der Waals surface area (Å²) in [5, 5.41) is 3.16. The Hall–Kier alpha value is -1.37. The van der Waals surface area contributed by atoms with Crippen LogP contribution in [-0.4, -0.2) is 39.5 Å². The van der Waals surface area contributed by atoms with Crippen LogP contribution >= 0.6 is 11.3 Å². The Morgan fingerprint density at radius 3 is 3.05 bits per heavy atom. The molecule has 2 aromatic heterocycles. The van der Waals surface area contributed by atoms with Gasteiger partial charge in [0, 0.05) is 30.9 Å². The molecule has 5 nitrogen and oxygen atoms in total. The second kappa shape index (κ2) is 5.73. The minimum Gasteiger partial charge on any atom is -0.369 e. The summed E-state index contributed by atoms with van der Waals surface area (Å²) in [7, 11) is 0. The normalized spacial score (nSPS) is 20.6. The second-order valence-electron chi connectivity index (χ2n) is 4.60. The Kier molecular flexibility index (Phi) is 3.82. The average molecular weight is 276 g/mol. The zero-order valence-electron chi connectivity index (χ0n) is 10.8. The van der Waals surface area contributed by atoms with Crippen LogP contribution in [-0.2, 0) is 11.3 Å². The van der Waals surface area contributed by atoms with Crippen molar-refractivity contribution in [1.29, 1.82) is 0 Å². The van der Waals surface area contributed by atoms with E-state index in [2.05, 4.69) is 19.9 Å². The molecule has 1 saturated heterocycles. The monoisotopic (exact) mass is 276 g/mol. The zero-order valence-corrected chi connectivity index (χ0v) is 11.6. The van der Waals surface area contributed by atoms with E-state index in [1.165, 1.54) is 0 Å². The topological polar surface area (TPSA) is 51.1 Å². The van der Waals surface area contributed by atoms with Gasteiger partial charge in [-0.2, -0.15) is 0 Å². The third-order valence-electron chi connectivity index (χ3n) is 3.12. The highest BCUT2D eigenvalue weighted by Gasteiger charge is 2.23. The fourth-order valence-electron chi connectivity index (χ4n) is 2.12. The van der Waals surface area contributed by atoms with Crippen molar-refractivity contribution in [2.45, 2.75) is 19.6 Å². The summed E-state index contributed by atoms with van der Waals surface area (Å²) >= 11 is 1.69. The molecule has 0 bridgehead atoms. The van der Waals surface area contributed by atoms with E-state index >= 15 is 0 Å². The molecule has 0 radical (unpaired) electrons. The number of hydrogen-bond acceptors (Lipinski definition) is 6. The van der Waals surface area contributed by atoms with Crippen LogP contribution in [0.4, 0.5) is 0 Å². The lowest BCUT2D eigenvalue weighted by Gasteiger charge is -2.31. The maximum Gasteiger partial charge on any atom is 0.114 e. The van der Waals surface area contributed by atoms with Gasteiger partial charge in [-0.25, -0.2) is 4.98 Å². The highest BCUT2D eigenvalue weighted by molar-refractivity contribution is 7.09. The Bertz CT molecular complexity index is 514. The molecule has 3 heterocycles. The second-order valence-corrected chi connectivity index (χ2v) is 5.58. The highest BCUT2D eigenvalue weighted by Crippen LogP contribution is 2.21. The molecule has 1 atom stereocenters. The van der Waals surface area contributed by atoms with Crippen LogP contribution in [0, 0.1) is 6.92 Å². The van der Waals surface area contributed by atoms with Gasteiger partial charge in [0.15, 0.2) is 0 Å². The van der Waals surface area contributed by atoms with Crippen molar-refractivity contribution in [2.75, 3.05) is 19.7 Å². The first-order chi connectivity index (χ1) is 9.31. The van der Waals surface area contributed by atoms with Crippen molar-refractivity contribution in [3.63, 3.8) is 0 Å². The summed E-state index contributed by atoms with van der Waals surface area (Å²) in [6, 6.07) is 0. The number of aryl methyl sites for hydroxylation is 1. The first kappa shape index (κ1) is 12.7. The van der Waals surface area contributed by atoms with Gasteiger partial charge in [-0.15, -0.1) is 11.3 Å². The zero-order chi connectivity index (χ0) is 13.1. The molecule has 0 aromatic carbocycles. The molecule has 0 spiro atoms. The fourth-order valence-corrected chi connectivity index (χ4v) is 2.77. The van der Waals surface area contributed by atoms with E-state index in [1.54, 1.807) is 17.5 Å². The summed E-state index contributed by atoms with van der Waals surface area (Å²) in [4.78, 5) is 15.4. The number of aromatic nitrogens is 3. The van der Waals surface area contributed by atoms with Gasteiger partial charge < -0.3 is 4.74 Å². The van der Waals surface area contributed by atoms with Gasteiger partial charge in [0.25, 0.3) is 0 Å². The van der Waals surface area contributed by atoms with Crippen molar-refractivity contribution in [2.24, 2.45) is 0 Å². The number of hydrogen-bond donors (Lipinski definition) is 0. The van der Waals surface area contributed by atoms with E-state index in [1.807, 2.05) is 24.7 Å². The Morgan fingerprint density at radius 2 is 2.32 bits per heavy atom. The Labute approximate surface area is 116 Å². The highest BCUT2D eigenvalue weighted by atomic mass is 32.1. The quantitative estimate of drug-likeness (QED) is 0.856. The van der Waals surface area contributed by atoms with E-state index in [4.69, 9.17) is 4.74 Å². The third-order valence-corrected chi connectivity index (χ3v) is 3.89. The van der Waals surface area contributed by atoms with E-state index in [0.29, 0.717) is 0 Å². The van der Waals surface area contributed by atoms with Crippen LogP contribution in [0.3, 0.4) is 0 Å². The number of nitrogens with zero attached hydrogens (tertiary/aromatic N) is 4. The molecule has 1 aliphatic heterocycles. The predicted molar refractivity (Wildman–Crippen MR) is 72.9 cm³/mol. The summed E-state index contributed by atoms with van der Waals surface area (Å²) in [6.07, 6.45) is 5.47. The smallest absolute Gasteiger partial charge is 0.114 e. The lowest BCUT2D eigenvalue weighted by Crippen LogP contribution is -2.38. The van der Waals surface area contributed by atoms with Crippen molar-refractivity contribution in [1.82, 2.24) is 19.9 Å². The lowest BCUT2D eigenvalue weighted by molar-refractivity contribution is -0.0351. The van der Waals surface area contributed by atoms with Crippen LogP contribution in [0.25, 0.3) is 0 Å². The first-order valence-corrected chi connectivity index (χ1v) is 7.20. The predicted octanol–water partition coefficient (Wildman–Crippen LogP) is 1.82. The van der Waals surface area contributed by atoms with Gasteiger partial charge in [0.05, 0.1) is 30.7 Å². The largest absolute Gasteiger partial charge is 0.369 e. The molecule has 0 unspecified atom stereocenters. The van der Waals surface area contributed by atoms with Gasteiger partial charge in [0.2, 0.25) is 0 Å². The maximum atomic E-state index is 5.79. The van der Waals surface area contributed by atoms with Crippen molar-refractivity contribution in [3.8, 4) is 0 Å². The van der Waals surface area contributed by atoms with Crippen molar-refractivity contribution in [3.05, 3.63) is 40.4 Å². The van der Waals surface area contributed by atoms with E-state index in [0.717, 1.165) is 42.6 Å². The number of ether oxygens (including phenoxy) is 1. The average Bonchev–Trinajstić information content (AvgIpc) is 2.93. The first-order valence-electron chi connectivity index (χ1n) is 6.32. The van der Waals surface area contributed by atoms with Crippen LogP contribution in [0.15, 0.2) is 24.0 Å². The molecule has 0 N–H and O–H groups in total. The molecule has 3 rings (SSSR count). The van der Waals surface area contributed by atoms with E-state index < -0.39 is 0 Å². The van der Waals surface area contributed by atoms with Crippen molar-refractivity contribution >= 4 is 11.3 Å². The Morgan fingerprint density at radius 1 is 1.37 bits per heavy atom. The number of morpholine rings is 1. The van der Waals surface area contributed by atoms with Crippen LogP contribution in [0.5, 0.6) is 0 Å². The fraction of sp³-hybridized carbons (Fsp3) is 0.462. The molecular weight excluding hydrogens is 260 g/mol. The minimum atomic E-state index is 0.0156. The molecule has 1 fully saturated rings.